The van der Waals surface area contributed by atoms with Crippen molar-refractivity contribution in [3.8, 4) is 5.75 Å². The first-order valence-corrected chi connectivity index (χ1v) is 6.75. The van der Waals surface area contributed by atoms with Crippen LogP contribution in [0.3, 0.4) is 0 Å². The first-order valence-electron chi connectivity index (χ1n) is 5.95. The van der Waals surface area contributed by atoms with Crippen molar-refractivity contribution in [3.05, 3.63) is 63.6 Å². The van der Waals surface area contributed by atoms with Gasteiger partial charge in [-0.25, -0.2) is 5.43 Å². The van der Waals surface area contributed by atoms with Crippen molar-refractivity contribution in [1.29, 1.82) is 0 Å². The Morgan fingerprint density at radius 3 is 2.75 bits per heavy atom. The molecule has 0 fully saturated rings. The minimum Gasteiger partial charge on any atom is -0.507 e. The summed E-state index contributed by atoms with van der Waals surface area (Å²) in [6.07, 6.45) is 1.40. The van der Waals surface area contributed by atoms with E-state index in [-0.39, 0.29) is 11.7 Å². The molecule has 0 heterocycles. The monoisotopic (exact) mass is 332 g/mol. The molecule has 2 aromatic carbocycles. The van der Waals surface area contributed by atoms with Crippen LogP contribution in [0.2, 0.25) is 0 Å². The fraction of sp³-hybridized carbons (Fsp3) is 0.0667. The summed E-state index contributed by atoms with van der Waals surface area (Å²) in [6, 6.07) is 12.2. The third-order valence-electron chi connectivity index (χ3n) is 2.68. The van der Waals surface area contributed by atoms with Crippen molar-refractivity contribution in [2.45, 2.75) is 6.92 Å². The summed E-state index contributed by atoms with van der Waals surface area (Å²) in [5.74, 6) is -0.203. The van der Waals surface area contributed by atoms with Gasteiger partial charge in [-0.2, -0.15) is 5.10 Å². The lowest BCUT2D eigenvalue weighted by atomic mass is 10.1. The van der Waals surface area contributed by atoms with E-state index in [1.807, 2.05) is 19.1 Å². The minimum absolute atomic E-state index is 0.113. The number of hydrazone groups is 1. The molecule has 0 aliphatic carbocycles. The fourth-order valence-corrected chi connectivity index (χ4v) is 2.29. The predicted octanol–water partition coefficient (Wildman–Crippen LogP) is 3.23. The van der Waals surface area contributed by atoms with Gasteiger partial charge in [0.1, 0.15) is 5.75 Å². The van der Waals surface area contributed by atoms with Crippen LogP contribution in [0.5, 0.6) is 5.75 Å². The molecule has 1 amide bonds. The molecule has 0 saturated carbocycles. The maximum Gasteiger partial charge on any atom is 0.272 e. The molecule has 2 N–H and O–H groups in total. The van der Waals surface area contributed by atoms with E-state index < -0.39 is 0 Å². The van der Waals surface area contributed by atoms with Gasteiger partial charge < -0.3 is 5.11 Å². The van der Waals surface area contributed by atoms with Gasteiger partial charge in [0.2, 0.25) is 0 Å². The lowest BCUT2D eigenvalue weighted by Gasteiger charge is -2.04. The minimum atomic E-state index is -0.316. The normalized spacial score (nSPS) is 10.7. The average molecular weight is 333 g/mol. The van der Waals surface area contributed by atoms with Crippen molar-refractivity contribution < 1.29 is 9.90 Å². The number of aromatic hydroxyl groups is 1. The SMILES string of the molecule is Cc1ccc(C(=O)NN=Cc2ccccc2O)c(Br)c1. The summed E-state index contributed by atoms with van der Waals surface area (Å²) in [6.45, 7) is 1.95. The highest BCUT2D eigenvalue weighted by Crippen LogP contribution is 2.18. The van der Waals surface area contributed by atoms with Crippen LogP contribution >= 0.6 is 15.9 Å². The number of nitrogens with one attached hydrogen (secondary N) is 1. The number of halogens is 1. The number of hydrogen-bond acceptors (Lipinski definition) is 3. The highest BCUT2D eigenvalue weighted by atomic mass is 79.9. The molecule has 0 unspecified atom stereocenters. The van der Waals surface area contributed by atoms with Gasteiger partial charge in [-0.1, -0.05) is 18.2 Å². The number of benzene rings is 2. The molecule has 20 heavy (non-hydrogen) atoms. The predicted molar refractivity (Wildman–Crippen MR) is 82.0 cm³/mol. The van der Waals surface area contributed by atoms with Crippen LogP contribution in [0.4, 0.5) is 0 Å². The van der Waals surface area contributed by atoms with Crippen LogP contribution in [-0.2, 0) is 0 Å². The summed E-state index contributed by atoms with van der Waals surface area (Å²) in [7, 11) is 0. The van der Waals surface area contributed by atoms with Crippen LogP contribution in [0.15, 0.2) is 52.0 Å². The Bertz CT molecular complexity index is 669. The van der Waals surface area contributed by atoms with Crippen LogP contribution in [0.1, 0.15) is 21.5 Å². The first kappa shape index (κ1) is 14.3. The van der Waals surface area contributed by atoms with Gasteiger partial charge in [0, 0.05) is 10.0 Å². The number of hydrogen-bond donors (Lipinski definition) is 2. The number of nitrogens with zero attached hydrogens (tertiary/aromatic N) is 1. The standard InChI is InChI=1S/C15H13BrN2O2/c1-10-6-7-12(13(16)8-10)15(20)18-17-9-11-4-2-3-5-14(11)19/h2-9,19H,1H3,(H,18,20). The van der Waals surface area contributed by atoms with Crippen molar-refractivity contribution >= 4 is 28.1 Å². The maximum absolute atomic E-state index is 11.9. The summed E-state index contributed by atoms with van der Waals surface area (Å²) >= 11 is 3.34. The molecule has 0 radical (unpaired) electrons. The number of carbonyl (C=O) groups is 1. The number of amides is 1. The van der Waals surface area contributed by atoms with E-state index in [4.69, 9.17) is 0 Å². The van der Waals surface area contributed by atoms with Crippen LogP contribution in [0.25, 0.3) is 0 Å². The Kier molecular flexibility index (Phi) is 4.53. The van der Waals surface area contributed by atoms with Gasteiger partial charge in [-0.15, -0.1) is 0 Å². The highest BCUT2D eigenvalue weighted by molar-refractivity contribution is 9.10. The van der Waals surface area contributed by atoms with Gasteiger partial charge in [-0.3, -0.25) is 4.79 Å². The number of rotatable bonds is 3. The average Bonchev–Trinajstić information content (AvgIpc) is 2.40. The van der Waals surface area contributed by atoms with E-state index in [1.54, 1.807) is 30.3 Å². The smallest absolute Gasteiger partial charge is 0.272 e. The Balaban J connectivity index is 2.07. The van der Waals surface area contributed by atoms with E-state index in [2.05, 4.69) is 26.5 Å². The molecule has 0 aliphatic heterocycles. The van der Waals surface area contributed by atoms with Crippen molar-refractivity contribution in [2.24, 2.45) is 5.10 Å². The lowest BCUT2D eigenvalue weighted by Crippen LogP contribution is -2.18. The van der Waals surface area contributed by atoms with Crippen molar-refractivity contribution in [1.82, 2.24) is 5.43 Å². The maximum atomic E-state index is 11.9. The molecule has 0 saturated heterocycles. The van der Waals surface area contributed by atoms with Gasteiger partial charge in [0.15, 0.2) is 0 Å². The van der Waals surface area contributed by atoms with Crippen molar-refractivity contribution in [3.63, 3.8) is 0 Å². The molecule has 0 bridgehead atoms. The van der Waals surface area contributed by atoms with E-state index >= 15 is 0 Å². The second-order valence-electron chi connectivity index (χ2n) is 4.24. The molecule has 102 valence electrons. The topological polar surface area (TPSA) is 61.7 Å². The van der Waals surface area contributed by atoms with Gasteiger partial charge >= 0.3 is 0 Å². The molecular formula is C15H13BrN2O2. The van der Waals surface area contributed by atoms with Crippen LogP contribution in [-0.4, -0.2) is 17.2 Å². The molecule has 0 spiro atoms. The summed E-state index contributed by atoms with van der Waals surface area (Å²) < 4.78 is 0.716. The Hall–Kier alpha value is -2.14. The molecule has 5 heteroatoms. The third kappa shape index (κ3) is 3.45. The molecular weight excluding hydrogens is 320 g/mol. The van der Waals surface area contributed by atoms with E-state index in [0.717, 1.165) is 5.56 Å². The summed E-state index contributed by atoms with van der Waals surface area (Å²) in [5.41, 5.74) is 4.53. The molecule has 0 atom stereocenters. The Morgan fingerprint density at radius 1 is 1.30 bits per heavy atom. The molecule has 0 aliphatic rings. The molecule has 0 aromatic heterocycles. The lowest BCUT2D eigenvalue weighted by molar-refractivity contribution is 0.0954. The Morgan fingerprint density at radius 2 is 2.05 bits per heavy atom. The van der Waals surface area contributed by atoms with E-state index in [1.165, 1.54) is 6.21 Å². The summed E-state index contributed by atoms with van der Waals surface area (Å²) in [4.78, 5) is 11.9. The first-order chi connectivity index (χ1) is 9.58. The number of carbonyl (C=O) groups excluding carboxylic acids is 1. The zero-order chi connectivity index (χ0) is 14.5. The largest absolute Gasteiger partial charge is 0.507 e. The number of aryl methyl sites for hydroxylation is 1. The quantitative estimate of drug-likeness (QED) is 0.669. The third-order valence-corrected chi connectivity index (χ3v) is 3.33. The highest BCUT2D eigenvalue weighted by Gasteiger charge is 2.08. The van der Waals surface area contributed by atoms with E-state index in [9.17, 15) is 9.90 Å². The molecule has 2 rings (SSSR count). The number of phenols is 1. The number of para-hydroxylation sites is 1. The summed E-state index contributed by atoms with van der Waals surface area (Å²) in [5, 5.41) is 13.4. The van der Waals surface area contributed by atoms with Crippen LogP contribution in [0, 0.1) is 6.92 Å². The number of phenolic OH excluding ortho intramolecular Hbond substituents is 1. The van der Waals surface area contributed by atoms with Gasteiger partial charge in [-0.05, 0) is 52.7 Å². The van der Waals surface area contributed by atoms with Crippen LogP contribution < -0.4 is 5.43 Å². The second kappa shape index (κ2) is 6.34. The van der Waals surface area contributed by atoms with E-state index in [0.29, 0.717) is 15.6 Å². The zero-order valence-corrected chi connectivity index (χ0v) is 12.4. The zero-order valence-electron chi connectivity index (χ0n) is 10.8. The second-order valence-corrected chi connectivity index (χ2v) is 5.10. The van der Waals surface area contributed by atoms with Gasteiger partial charge in [0.05, 0.1) is 11.8 Å². The van der Waals surface area contributed by atoms with Gasteiger partial charge in [0.25, 0.3) is 5.91 Å². The Labute approximate surface area is 125 Å². The molecule has 2 aromatic rings. The fourth-order valence-electron chi connectivity index (χ4n) is 1.62. The molecule has 4 nitrogen and oxygen atoms in total. The van der Waals surface area contributed by atoms with Crippen molar-refractivity contribution in [2.75, 3.05) is 0 Å².